The number of nitrogens with two attached hydrogens (primary N) is 1. The number of thiocarbonyl (C=S) groups is 1. The zero-order valence-corrected chi connectivity index (χ0v) is 12.0. The van der Waals surface area contributed by atoms with Gasteiger partial charge in [0.1, 0.15) is 6.33 Å². The Labute approximate surface area is 117 Å². The van der Waals surface area contributed by atoms with Crippen molar-refractivity contribution in [3.8, 4) is 0 Å². The Morgan fingerprint density at radius 3 is 2.84 bits per heavy atom. The van der Waals surface area contributed by atoms with E-state index in [1.165, 1.54) is 0 Å². The lowest BCUT2D eigenvalue weighted by Crippen LogP contribution is -2.56. The number of nitrogens with zero attached hydrogens (tertiary/aromatic N) is 3. The van der Waals surface area contributed by atoms with Gasteiger partial charge >= 0.3 is 0 Å². The average Bonchev–Trinajstić information content (AvgIpc) is 2.70. The van der Waals surface area contributed by atoms with E-state index in [0.717, 1.165) is 12.8 Å². The summed E-state index contributed by atoms with van der Waals surface area (Å²) < 4.78 is 1.64. The van der Waals surface area contributed by atoms with Crippen LogP contribution >= 0.6 is 12.2 Å². The van der Waals surface area contributed by atoms with E-state index >= 15 is 0 Å². The molecule has 7 heteroatoms. The minimum Gasteiger partial charge on any atom is -0.392 e. The number of amides is 1. The number of aryl methyl sites for hydroxylation is 1. The third-order valence-electron chi connectivity index (χ3n) is 3.58. The van der Waals surface area contributed by atoms with Gasteiger partial charge in [-0.3, -0.25) is 9.48 Å². The molecule has 1 aromatic rings. The van der Waals surface area contributed by atoms with Gasteiger partial charge in [-0.05, 0) is 18.8 Å². The molecule has 1 saturated carbocycles. The molecule has 0 spiro atoms. The van der Waals surface area contributed by atoms with Crippen molar-refractivity contribution in [3.63, 3.8) is 0 Å². The lowest BCUT2D eigenvalue weighted by molar-refractivity contribution is -0.132. The summed E-state index contributed by atoms with van der Waals surface area (Å²) in [7, 11) is 1.81. The maximum Gasteiger partial charge on any atom is 0.233 e. The van der Waals surface area contributed by atoms with Crippen LogP contribution in [0, 0.1) is 11.3 Å². The summed E-state index contributed by atoms with van der Waals surface area (Å²) >= 11 is 5.05. The van der Waals surface area contributed by atoms with Gasteiger partial charge in [0.05, 0.1) is 10.4 Å². The second-order valence-corrected chi connectivity index (χ2v) is 5.74. The Balaban J connectivity index is 1.85. The standard InChI is InChI=1S/C12H19N5OS/c1-8-5-12(6-8,10(13)19)11(18)14-4-3-9-15-7-17(2)16-9/h7-8H,3-6H2,1-2H3,(H2,13,19)(H,14,18). The predicted molar refractivity (Wildman–Crippen MR) is 75.3 cm³/mol. The largest absolute Gasteiger partial charge is 0.392 e. The van der Waals surface area contributed by atoms with Crippen molar-refractivity contribution in [3.05, 3.63) is 12.2 Å². The van der Waals surface area contributed by atoms with Gasteiger partial charge in [-0.15, -0.1) is 0 Å². The zero-order chi connectivity index (χ0) is 14.0. The fourth-order valence-electron chi connectivity index (χ4n) is 2.58. The van der Waals surface area contributed by atoms with Gasteiger partial charge in [0.25, 0.3) is 0 Å². The molecule has 19 heavy (non-hydrogen) atoms. The molecular formula is C12H19N5OS. The maximum atomic E-state index is 12.2. The first-order valence-corrected chi connectivity index (χ1v) is 6.77. The number of nitrogens with one attached hydrogen (secondary N) is 1. The van der Waals surface area contributed by atoms with Crippen LogP contribution in [0.3, 0.4) is 0 Å². The summed E-state index contributed by atoms with van der Waals surface area (Å²) in [6.45, 7) is 2.60. The van der Waals surface area contributed by atoms with Crippen molar-refractivity contribution in [1.82, 2.24) is 20.1 Å². The number of aromatic nitrogens is 3. The summed E-state index contributed by atoms with van der Waals surface area (Å²) in [6, 6.07) is 0. The molecule has 6 nitrogen and oxygen atoms in total. The molecule has 2 rings (SSSR count). The maximum absolute atomic E-state index is 12.2. The fraction of sp³-hybridized carbons (Fsp3) is 0.667. The Kier molecular flexibility index (Phi) is 3.84. The normalized spacial score (nSPS) is 25.7. The van der Waals surface area contributed by atoms with Crippen LogP contribution < -0.4 is 11.1 Å². The monoisotopic (exact) mass is 281 g/mol. The molecule has 1 amide bonds. The summed E-state index contributed by atoms with van der Waals surface area (Å²) in [5, 5.41) is 7.04. The quantitative estimate of drug-likeness (QED) is 0.752. The van der Waals surface area contributed by atoms with Crippen LogP contribution in [0.2, 0.25) is 0 Å². The van der Waals surface area contributed by atoms with E-state index < -0.39 is 5.41 Å². The first-order chi connectivity index (χ1) is 8.94. The topological polar surface area (TPSA) is 85.8 Å². The van der Waals surface area contributed by atoms with Crippen molar-refractivity contribution >= 4 is 23.1 Å². The van der Waals surface area contributed by atoms with Crippen molar-refractivity contribution in [2.24, 2.45) is 24.1 Å². The molecule has 0 radical (unpaired) electrons. The van der Waals surface area contributed by atoms with Crippen molar-refractivity contribution < 1.29 is 4.79 Å². The van der Waals surface area contributed by atoms with E-state index in [4.69, 9.17) is 18.0 Å². The summed E-state index contributed by atoms with van der Waals surface area (Å²) in [5.74, 6) is 1.16. The van der Waals surface area contributed by atoms with E-state index in [2.05, 4.69) is 22.3 Å². The average molecular weight is 281 g/mol. The second kappa shape index (κ2) is 5.24. The first-order valence-electron chi connectivity index (χ1n) is 6.37. The number of carbonyl (C=O) groups excluding carboxylic acids is 1. The Hall–Kier alpha value is -1.50. The molecule has 0 aliphatic heterocycles. The molecule has 1 aliphatic rings. The van der Waals surface area contributed by atoms with E-state index in [1.54, 1.807) is 11.0 Å². The molecule has 1 aromatic heterocycles. The minimum atomic E-state index is -0.633. The highest BCUT2D eigenvalue weighted by Gasteiger charge is 2.50. The summed E-state index contributed by atoms with van der Waals surface area (Å²) in [6.07, 6.45) is 3.74. The third kappa shape index (κ3) is 2.75. The number of rotatable bonds is 5. The summed E-state index contributed by atoms with van der Waals surface area (Å²) in [4.78, 5) is 16.6. The molecule has 104 valence electrons. The van der Waals surface area contributed by atoms with Gasteiger partial charge in [-0.1, -0.05) is 19.1 Å². The van der Waals surface area contributed by atoms with Crippen LogP contribution in [0.1, 0.15) is 25.6 Å². The van der Waals surface area contributed by atoms with E-state index in [0.29, 0.717) is 29.7 Å². The number of hydrogen-bond donors (Lipinski definition) is 2. The van der Waals surface area contributed by atoms with Crippen molar-refractivity contribution in [1.29, 1.82) is 0 Å². The van der Waals surface area contributed by atoms with Crippen LogP contribution in [0.15, 0.2) is 6.33 Å². The highest BCUT2D eigenvalue weighted by Crippen LogP contribution is 2.45. The van der Waals surface area contributed by atoms with E-state index in [9.17, 15) is 4.79 Å². The molecule has 1 aliphatic carbocycles. The summed E-state index contributed by atoms with van der Waals surface area (Å²) in [5.41, 5.74) is 5.09. The Bertz CT molecular complexity index is 492. The van der Waals surface area contributed by atoms with Crippen LogP contribution in [0.25, 0.3) is 0 Å². The number of carbonyl (C=O) groups is 1. The molecule has 0 unspecified atom stereocenters. The zero-order valence-electron chi connectivity index (χ0n) is 11.2. The van der Waals surface area contributed by atoms with Crippen LogP contribution in [-0.2, 0) is 18.3 Å². The van der Waals surface area contributed by atoms with Gasteiger partial charge in [0, 0.05) is 20.0 Å². The minimum absolute atomic E-state index is 0.0611. The van der Waals surface area contributed by atoms with Crippen LogP contribution in [-0.4, -0.2) is 32.2 Å². The van der Waals surface area contributed by atoms with E-state index in [1.807, 2.05) is 7.05 Å². The van der Waals surface area contributed by atoms with Crippen molar-refractivity contribution in [2.75, 3.05) is 6.54 Å². The molecule has 0 aromatic carbocycles. The second-order valence-electron chi connectivity index (χ2n) is 5.30. The molecular weight excluding hydrogens is 262 g/mol. The van der Waals surface area contributed by atoms with Crippen molar-refractivity contribution in [2.45, 2.75) is 26.2 Å². The SMILES string of the molecule is CC1CC(C(=O)NCCc2ncn(C)n2)(C(N)=S)C1. The highest BCUT2D eigenvalue weighted by atomic mass is 32.1. The first kappa shape index (κ1) is 13.9. The van der Waals surface area contributed by atoms with Crippen LogP contribution in [0.5, 0.6) is 0 Å². The molecule has 0 saturated heterocycles. The molecule has 1 fully saturated rings. The lowest BCUT2D eigenvalue weighted by Gasteiger charge is -2.44. The van der Waals surface area contributed by atoms with Gasteiger partial charge < -0.3 is 11.1 Å². The highest BCUT2D eigenvalue weighted by molar-refractivity contribution is 7.80. The fourth-order valence-corrected chi connectivity index (χ4v) is 2.84. The lowest BCUT2D eigenvalue weighted by atomic mass is 9.62. The van der Waals surface area contributed by atoms with E-state index in [-0.39, 0.29) is 5.91 Å². The molecule has 1 heterocycles. The number of hydrogen-bond acceptors (Lipinski definition) is 4. The van der Waals surface area contributed by atoms with Gasteiger partial charge in [-0.25, -0.2) is 4.98 Å². The van der Waals surface area contributed by atoms with Gasteiger partial charge in [0.15, 0.2) is 5.82 Å². The molecule has 0 bridgehead atoms. The Morgan fingerprint density at radius 2 is 2.37 bits per heavy atom. The smallest absolute Gasteiger partial charge is 0.233 e. The molecule has 0 atom stereocenters. The van der Waals surface area contributed by atoms with Crippen LogP contribution in [0.4, 0.5) is 0 Å². The Morgan fingerprint density at radius 1 is 1.68 bits per heavy atom. The predicted octanol–water partition coefficient (Wildman–Crippen LogP) is 0.176. The van der Waals surface area contributed by atoms with Gasteiger partial charge in [-0.2, -0.15) is 5.10 Å². The third-order valence-corrected chi connectivity index (χ3v) is 3.97. The molecule has 3 N–H and O–H groups in total. The van der Waals surface area contributed by atoms with Gasteiger partial charge in [0.2, 0.25) is 5.91 Å².